The average molecular weight is 492 g/mol. The predicted molar refractivity (Wildman–Crippen MR) is 132 cm³/mol. The Morgan fingerprint density at radius 3 is 2.51 bits per heavy atom. The van der Waals surface area contributed by atoms with Crippen molar-refractivity contribution in [3.05, 3.63) is 84.4 Å². The number of methoxy groups -OCH3 is 2. The molecular formula is C25H25N5O4S. The molecule has 0 aliphatic heterocycles. The van der Waals surface area contributed by atoms with Gasteiger partial charge in [-0.25, -0.2) is 0 Å². The number of carbonyl (C=O) groups is 1. The molecule has 0 radical (unpaired) electrons. The molecule has 180 valence electrons. The van der Waals surface area contributed by atoms with Gasteiger partial charge in [0.25, 0.3) is 0 Å². The number of ether oxygens (including phenoxy) is 3. The maximum Gasteiger partial charge on any atom is 0.230 e. The van der Waals surface area contributed by atoms with Crippen LogP contribution in [-0.2, 0) is 17.9 Å². The number of nitrogens with one attached hydrogen (secondary N) is 1. The number of aromatic nitrogens is 4. The fourth-order valence-electron chi connectivity index (χ4n) is 3.21. The van der Waals surface area contributed by atoms with Crippen molar-refractivity contribution in [1.29, 1.82) is 0 Å². The Hall–Kier alpha value is -4.05. The third kappa shape index (κ3) is 6.51. The number of nitrogens with zero attached hydrogens (tertiary/aromatic N) is 4. The number of rotatable bonds is 11. The van der Waals surface area contributed by atoms with Gasteiger partial charge in [-0.1, -0.05) is 17.8 Å². The van der Waals surface area contributed by atoms with E-state index in [0.29, 0.717) is 29.8 Å². The van der Waals surface area contributed by atoms with Gasteiger partial charge in [-0.05, 0) is 59.7 Å². The second-order valence-electron chi connectivity index (χ2n) is 7.38. The highest BCUT2D eigenvalue weighted by atomic mass is 32.2. The Balaban J connectivity index is 1.29. The van der Waals surface area contributed by atoms with Crippen LogP contribution in [0.5, 0.6) is 17.2 Å². The Morgan fingerprint density at radius 1 is 0.971 bits per heavy atom. The zero-order chi connectivity index (χ0) is 24.5. The molecule has 0 fully saturated rings. The van der Waals surface area contributed by atoms with Gasteiger partial charge in [0.2, 0.25) is 5.91 Å². The molecule has 0 atom stereocenters. The number of pyridine rings is 1. The van der Waals surface area contributed by atoms with E-state index in [-0.39, 0.29) is 11.7 Å². The molecule has 2 aromatic carbocycles. The first kappa shape index (κ1) is 24.1. The molecule has 0 aliphatic carbocycles. The third-order valence-electron chi connectivity index (χ3n) is 5.06. The Morgan fingerprint density at radius 2 is 1.77 bits per heavy atom. The summed E-state index contributed by atoms with van der Waals surface area (Å²) in [6.45, 7) is 0.777. The van der Waals surface area contributed by atoms with E-state index >= 15 is 0 Å². The minimum absolute atomic E-state index is 0.115. The fourth-order valence-corrected chi connectivity index (χ4v) is 3.96. The third-order valence-corrected chi connectivity index (χ3v) is 6.00. The van der Waals surface area contributed by atoms with Crippen molar-refractivity contribution in [1.82, 2.24) is 25.1 Å². The Kier molecular flexibility index (Phi) is 8.18. The molecule has 4 aromatic rings. The van der Waals surface area contributed by atoms with Crippen molar-refractivity contribution in [2.24, 2.45) is 0 Å². The smallest absolute Gasteiger partial charge is 0.230 e. The minimum Gasteiger partial charge on any atom is -0.497 e. The molecule has 0 saturated heterocycles. The molecule has 0 bridgehead atoms. The average Bonchev–Trinajstić information content (AvgIpc) is 3.39. The van der Waals surface area contributed by atoms with Gasteiger partial charge in [-0.2, -0.15) is 0 Å². The zero-order valence-electron chi connectivity index (χ0n) is 19.4. The lowest BCUT2D eigenvalue weighted by molar-refractivity contribution is -0.118. The van der Waals surface area contributed by atoms with Gasteiger partial charge in [0.05, 0.1) is 20.0 Å². The quantitative estimate of drug-likeness (QED) is 0.317. The molecule has 0 aliphatic rings. The molecule has 0 saturated carbocycles. The Bertz CT molecular complexity index is 1250. The summed E-state index contributed by atoms with van der Waals surface area (Å²) in [5.74, 6) is 2.09. The molecule has 10 heteroatoms. The summed E-state index contributed by atoms with van der Waals surface area (Å²) in [4.78, 5) is 16.5. The number of amides is 1. The molecule has 35 heavy (non-hydrogen) atoms. The summed E-state index contributed by atoms with van der Waals surface area (Å²) in [6, 6.07) is 16.9. The van der Waals surface area contributed by atoms with E-state index in [0.717, 1.165) is 22.6 Å². The van der Waals surface area contributed by atoms with Gasteiger partial charge in [-0.3, -0.25) is 14.3 Å². The fraction of sp³-hybridized carbons (Fsp3) is 0.200. The second kappa shape index (κ2) is 11.9. The second-order valence-corrected chi connectivity index (χ2v) is 8.32. The van der Waals surface area contributed by atoms with Crippen LogP contribution in [0.3, 0.4) is 0 Å². The monoisotopic (exact) mass is 491 g/mol. The van der Waals surface area contributed by atoms with Crippen molar-refractivity contribution in [3.63, 3.8) is 0 Å². The van der Waals surface area contributed by atoms with Gasteiger partial charge in [0, 0.05) is 24.6 Å². The van der Waals surface area contributed by atoms with Gasteiger partial charge >= 0.3 is 0 Å². The van der Waals surface area contributed by atoms with Crippen molar-refractivity contribution in [2.75, 3.05) is 20.0 Å². The molecule has 1 amide bonds. The van der Waals surface area contributed by atoms with Gasteiger partial charge in [0.1, 0.15) is 18.7 Å². The van der Waals surface area contributed by atoms with E-state index in [2.05, 4.69) is 20.5 Å². The first-order chi connectivity index (χ1) is 17.2. The van der Waals surface area contributed by atoms with Crippen LogP contribution in [0.2, 0.25) is 0 Å². The van der Waals surface area contributed by atoms with E-state index in [9.17, 15) is 4.79 Å². The number of thioether (sulfide) groups is 1. The van der Waals surface area contributed by atoms with Crippen LogP contribution in [0.4, 0.5) is 0 Å². The van der Waals surface area contributed by atoms with Crippen LogP contribution in [-0.4, -0.2) is 45.6 Å². The van der Waals surface area contributed by atoms with E-state index in [4.69, 9.17) is 14.2 Å². The highest BCUT2D eigenvalue weighted by Gasteiger charge is 2.12. The summed E-state index contributed by atoms with van der Waals surface area (Å²) in [5.41, 5.74) is 2.80. The molecule has 2 aromatic heterocycles. The number of hydrogen-bond donors (Lipinski definition) is 1. The van der Waals surface area contributed by atoms with Crippen molar-refractivity contribution in [3.8, 4) is 22.9 Å². The minimum atomic E-state index is -0.115. The summed E-state index contributed by atoms with van der Waals surface area (Å²) in [6.07, 6.45) is 5.07. The van der Waals surface area contributed by atoms with Crippen molar-refractivity contribution < 1.29 is 19.0 Å². The lowest BCUT2D eigenvalue weighted by atomic mass is 10.2. The zero-order valence-corrected chi connectivity index (χ0v) is 20.2. The van der Waals surface area contributed by atoms with Crippen LogP contribution in [0.25, 0.3) is 5.69 Å². The molecule has 0 spiro atoms. The summed E-state index contributed by atoms with van der Waals surface area (Å²) in [7, 11) is 3.21. The van der Waals surface area contributed by atoms with Crippen LogP contribution >= 0.6 is 11.8 Å². The van der Waals surface area contributed by atoms with E-state index in [1.807, 2.05) is 59.2 Å². The number of carbonyl (C=O) groups excluding carboxylic acids is 1. The van der Waals surface area contributed by atoms with Crippen LogP contribution in [0, 0.1) is 0 Å². The first-order valence-electron chi connectivity index (χ1n) is 10.8. The molecule has 1 N–H and O–H groups in total. The highest BCUT2D eigenvalue weighted by molar-refractivity contribution is 7.99. The SMILES string of the molecule is COc1ccc(-n2cnnc2SCC(=O)NCc2ccc(OCc3ccncc3)c(OC)c2)cc1. The lowest BCUT2D eigenvalue weighted by Crippen LogP contribution is -2.24. The maximum absolute atomic E-state index is 12.5. The lowest BCUT2D eigenvalue weighted by Gasteiger charge is -2.13. The normalized spacial score (nSPS) is 10.6. The van der Waals surface area contributed by atoms with E-state index in [1.165, 1.54) is 11.8 Å². The maximum atomic E-state index is 12.5. The van der Waals surface area contributed by atoms with Gasteiger partial charge in [-0.15, -0.1) is 10.2 Å². The molecular weight excluding hydrogens is 466 g/mol. The molecule has 4 rings (SSSR count). The number of hydrogen-bond acceptors (Lipinski definition) is 8. The van der Waals surface area contributed by atoms with Crippen molar-refractivity contribution in [2.45, 2.75) is 18.3 Å². The summed E-state index contributed by atoms with van der Waals surface area (Å²) >= 11 is 1.31. The van der Waals surface area contributed by atoms with Crippen LogP contribution in [0.1, 0.15) is 11.1 Å². The van der Waals surface area contributed by atoms with E-state index in [1.54, 1.807) is 32.9 Å². The van der Waals surface area contributed by atoms with E-state index < -0.39 is 0 Å². The predicted octanol–water partition coefficient (Wildman–Crippen LogP) is 3.67. The van der Waals surface area contributed by atoms with Gasteiger partial charge in [0.15, 0.2) is 16.7 Å². The molecule has 9 nitrogen and oxygen atoms in total. The topological polar surface area (TPSA) is 100 Å². The first-order valence-corrected chi connectivity index (χ1v) is 11.8. The van der Waals surface area contributed by atoms with Crippen LogP contribution in [0.15, 0.2) is 78.5 Å². The highest BCUT2D eigenvalue weighted by Crippen LogP contribution is 2.29. The largest absolute Gasteiger partial charge is 0.497 e. The Labute approximate surface area is 207 Å². The van der Waals surface area contributed by atoms with Gasteiger partial charge < -0.3 is 19.5 Å². The number of benzene rings is 2. The van der Waals surface area contributed by atoms with Crippen LogP contribution < -0.4 is 19.5 Å². The molecule has 0 unspecified atom stereocenters. The standard InChI is InChI=1S/C25H25N5O4S/c1-32-21-6-4-20(5-7-21)30-17-28-29-25(30)35-16-24(31)27-14-19-3-8-22(23(13-19)33-2)34-15-18-9-11-26-12-10-18/h3-13,17H,14-16H2,1-2H3,(H,27,31). The summed E-state index contributed by atoms with van der Waals surface area (Å²) in [5, 5.41) is 11.7. The molecule has 2 heterocycles. The van der Waals surface area contributed by atoms with Crippen molar-refractivity contribution >= 4 is 17.7 Å². The summed E-state index contributed by atoms with van der Waals surface area (Å²) < 4.78 is 18.4.